The molecule has 2 aliphatic heterocycles. The highest BCUT2D eigenvalue weighted by Crippen LogP contribution is 2.31. The van der Waals surface area contributed by atoms with Crippen LogP contribution < -0.4 is 10.6 Å². The Labute approximate surface area is 155 Å². The number of nitrogens with zero attached hydrogens (tertiary/aromatic N) is 1. The SMILES string of the molecule is O=C(NCC(c1ccc(C(F)(F)F)cc1)N1CCOCC1)C1CC(O)CN1. The zero-order chi connectivity index (χ0) is 19.4. The van der Waals surface area contributed by atoms with Crippen molar-refractivity contribution in [2.24, 2.45) is 0 Å². The molecule has 1 aromatic rings. The van der Waals surface area contributed by atoms with Gasteiger partial charge in [0, 0.05) is 26.2 Å². The molecule has 3 atom stereocenters. The Morgan fingerprint density at radius 1 is 1.30 bits per heavy atom. The van der Waals surface area contributed by atoms with Crippen molar-refractivity contribution in [3.05, 3.63) is 35.4 Å². The summed E-state index contributed by atoms with van der Waals surface area (Å²) in [7, 11) is 0. The minimum Gasteiger partial charge on any atom is -0.392 e. The number of aliphatic hydroxyl groups excluding tert-OH is 1. The van der Waals surface area contributed by atoms with Crippen LogP contribution in [0.2, 0.25) is 0 Å². The number of amides is 1. The quantitative estimate of drug-likeness (QED) is 0.701. The molecule has 6 nitrogen and oxygen atoms in total. The normalized spacial score (nSPS) is 25.3. The van der Waals surface area contributed by atoms with Crippen LogP contribution in [0.3, 0.4) is 0 Å². The largest absolute Gasteiger partial charge is 0.416 e. The van der Waals surface area contributed by atoms with Crippen LogP contribution in [-0.2, 0) is 15.7 Å². The number of carbonyl (C=O) groups is 1. The smallest absolute Gasteiger partial charge is 0.392 e. The lowest BCUT2D eigenvalue weighted by Gasteiger charge is -2.35. The molecule has 2 fully saturated rings. The molecule has 150 valence electrons. The average molecular weight is 387 g/mol. The highest BCUT2D eigenvalue weighted by molar-refractivity contribution is 5.82. The molecule has 1 amide bonds. The van der Waals surface area contributed by atoms with Gasteiger partial charge in [-0.1, -0.05) is 12.1 Å². The Kier molecular flexibility index (Phi) is 6.36. The summed E-state index contributed by atoms with van der Waals surface area (Å²) in [6, 6.07) is 4.38. The molecule has 0 spiro atoms. The van der Waals surface area contributed by atoms with Gasteiger partial charge in [-0.3, -0.25) is 9.69 Å². The second-order valence-corrected chi connectivity index (χ2v) is 6.88. The van der Waals surface area contributed by atoms with Crippen LogP contribution >= 0.6 is 0 Å². The van der Waals surface area contributed by atoms with Gasteiger partial charge in [0.2, 0.25) is 5.91 Å². The Hall–Kier alpha value is -1.68. The third-order valence-corrected chi connectivity index (χ3v) is 5.00. The molecule has 0 aromatic heterocycles. The van der Waals surface area contributed by atoms with E-state index in [2.05, 4.69) is 15.5 Å². The summed E-state index contributed by atoms with van der Waals surface area (Å²) in [6.45, 7) is 3.02. The summed E-state index contributed by atoms with van der Waals surface area (Å²) < 4.78 is 43.8. The number of morpholine rings is 1. The number of ether oxygens (including phenoxy) is 1. The van der Waals surface area contributed by atoms with Gasteiger partial charge in [-0.05, 0) is 24.1 Å². The monoisotopic (exact) mass is 387 g/mol. The molecule has 0 radical (unpaired) electrons. The van der Waals surface area contributed by atoms with Crippen molar-refractivity contribution in [1.82, 2.24) is 15.5 Å². The Morgan fingerprint density at radius 3 is 2.52 bits per heavy atom. The first kappa shape index (κ1) is 20.1. The number of β-amino-alcohol motifs (C(OH)–C–C–N with tert-alkyl or cyclic N) is 1. The maximum atomic E-state index is 12.8. The fraction of sp³-hybridized carbons (Fsp3) is 0.611. The zero-order valence-corrected chi connectivity index (χ0v) is 14.8. The van der Waals surface area contributed by atoms with Gasteiger partial charge in [-0.2, -0.15) is 13.2 Å². The van der Waals surface area contributed by atoms with Crippen LogP contribution in [-0.4, -0.2) is 67.5 Å². The van der Waals surface area contributed by atoms with Gasteiger partial charge in [0.1, 0.15) is 0 Å². The number of hydrogen-bond acceptors (Lipinski definition) is 5. The van der Waals surface area contributed by atoms with Gasteiger partial charge in [0.15, 0.2) is 0 Å². The van der Waals surface area contributed by atoms with E-state index in [1.807, 2.05) is 0 Å². The molecule has 2 aliphatic rings. The first-order valence-electron chi connectivity index (χ1n) is 9.02. The Balaban J connectivity index is 1.70. The summed E-state index contributed by atoms with van der Waals surface area (Å²) in [5, 5.41) is 15.4. The second-order valence-electron chi connectivity index (χ2n) is 6.88. The topological polar surface area (TPSA) is 73.8 Å². The van der Waals surface area contributed by atoms with Gasteiger partial charge in [0.25, 0.3) is 0 Å². The van der Waals surface area contributed by atoms with E-state index in [0.717, 1.165) is 12.1 Å². The molecular weight excluding hydrogens is 363 g/mol. The van der Waals surface area contributed by atoms with Crippen molar-refractivity contribution in [3.63, 3.8) is 0 Å². The zero-order valence-electron chi connectivity index (χ0n) is 14.8. The van der Waals surface area contributed by atoms with Crippen molar-refractivity contribution in [3.8, 4) is 0 Å². The Bertz CT molecular complexity index is 633. The van der Waals surface area contributed by atoms with Gasteiger partial charge in [-0.25, -0.2) is 0 Å². The molecule has 9 heteroatoms. The number of halogens is 3. The first-order chi connectivity index (χ1) is 12.8. The predicted molar refractivity (Wildman–Crippen MR) is 92.0 cm³/mol. The van der Waals surface area contributed by atoms with Gasteiger partial charge in [-0.15, -0.1) is 0 Å². The number of aliphatic hydroxyl groups is 1. The first-order valence-corrected chi connectivity index (χ1v) is 9.02. The molecule has 3 rings (SSSR count). The predicted octanol–water partition coefficient (Wildman–Crippen LogP) is 0.918. The van der Waals surface area contributed by atoms with Gasteiger partial charge < -0.3 is 20.5 Å². The van der Waals surface area contributed by atoms with E-state index in [1.54, 1.807) is 0 Å². The third-order valence-electron chi connectivity index (χ3n) is 5.00. The summed E-state index contributed by atoms with van der Waals surface area (Å²) in [5.41, 5.74) is 0.0183. The van der Waals surface area contributed by atoms with Crippen LogP contribution in [0.25, 0.3) is 0 Å². The molecule has 2 saturated heterocycles. The molecule has 0 bridgehead atoms. The van der Waals surface area contributed by atoms with E-state index in [-0.39, 0.29) is 18.5 Å². The van der Waals surface area contributed by atoms with Crippen molar-refractivity contribution in [2.45, 2.75) is 30.8 Å². The minimum atomic E-state index is -4.38. The number of alkyl halides is 3. The summed E-state index contributed by atoms with van der Waals surface area (Å²) in [4.78, 5) is 14.4. The van der Waals surface area contributed by atoms with E-state index < -0.39 is 23.9 Å². The fourth-order valence-electron chi connectivity index (χ4n) is 3.48. The molecular formula is C18H24F3N3O3. The molecule has 27 heavy (non-hydrogen) atoms. The van der Waals surface area contributed by atoms with Crippen LogP contribution in [0.4, 0.5) is 13.2 Å². The summed E-state index contributed by atoms with van der Waals surface area (Å²) >= 11 is 0. The van der Waals surface area contributed by atoms with Crippen LogP contribution in [0.5, 0.6) is 0 Å². The molecule has 3 unspecified atom stereocenters. The van der Waals surface area contributed by atoms with Crippen molar-refractivity contribution < 1.29 is 27.8 Å². The van der Waals surface area contributed by atoms with Gasteiger partial charge in [0.05, 0.1) is 37.0 Å². The molecule has 0 aliphatic carbocycles. The van der Waals surface area contributed by atoms with Crippen LogP contribution in [0.15, 0.2) is 24.3 Å². The lowest BCUT2D eigenvalue weighted by molar-refractivity contribution is -0.137. The number of nitrogens with one attached hydrogen (secondary N) is 2. The van der Waals surface area contributed by atoms with Crippen molar-refractivity contribution in [2.75, 3.05) is 39.4 Å². The van der Waals surface area contributed by atoms with Gasteiger partial charge >= 0.3 is 6.18 Å². The highest BCUT2D eigenvalue weighted by atomic mass is 19.4. The maximum Gasteiger partial charge on any atom is 0.416 e. The van der Waals surface area contributed by atoms with E-state index in [1.165, 1.54) is 12.1 Å². The Morgan fingerprint density at radius 2 is 1.96 bits per heavy atom. The molecule has 2 heterocycles. The summed E-state index contributed by atoms with van der Waals surface area (Å²) in [5.74, 6) is -0.211. The molecule has 0 saturated carbocycles. The number of carbonyl (C=O) groups excluding carboxylic acids is 1. The standard InChI is InChI=1S/C18H24F3N3O3/c19-18(20,21)13-3-1-12(2-4-13)16(24-5-7-27-8-6-24)11-23-17(26)15-9-14(25)10-22-15/h1-4,14-16,22,25H,5-11H2,(H,23,26). The van der Waals surface area contributed by atoms with Crippen molar-refractivity contribution in [1.29, 1.82) is 0 Å². The summed E-state index contributed by atoms with van der Waals surface area (Å²) in [6.07, 6.45) is -4.56. The lowest BCUT2D eigenvalue weighted by atomic mass is 10.0. The number of benzene rings is 1. The minimum absolute atomic E-state index is 0.211. The lowest BCUT2D eigenvalue weighted by Crippen LogP contribution is -2.47. The number of rotatable bonds is 5. The van der Waals surface area contributed by atoms with E-state index in [4.69, 9.17) is 4.74 Å². The number of hydrogen-bond donors (Lipinski definition) is 3. The van der Waals surface area contributed by atoms with Crippen molar-refractivity contribution >= 4 is 5.91 Å². The molecule has 3 N–H and O–H groups in total. The highest BCUT2D eigenvalue weighted by Gasteiger charge is 2.32. The van der Waals surface area contributed by atoms with E-state index in [9.17, 15) is 23.1 Å². The van der Waals surface area contributed by atoms with E-state index in [0.29, 0.717) is 44.8 Å². The van der Waals surface area contributed by atoms with E-state index >= 15 is 0 Å². The average Bonchev–Trinajstić information content (AvgIpc) is 3.09. The fourth-order valence-corrected chi connectivity index (χ4v) is 3.48. The van der Waals surface area contributed by atoms with Crippen LogP contribution in [0, 0.1) is 0 Å². The van der Waals surface area contributed by atoms with Crippen LogP contribution in [0.1, 0.15) is 23.6 Å². The third kappa shape index (κ3) is 5.19. The maximum absolute atomic E-state index is 12.8. The molecule has 1 aromatic carbocycles. The second kappa shape index (κ2) is 8.55.